The van der Waals surface area contributed by atoms with Gasteiger partial charge in [-0.1, -0.05) is 31.9 Å². The lowest BCUT2D eigenvalue weighted by atomic mass is 10.5. The van der Waals surface area contributed by atoms with E-state index in [0.717, 1.165) is 0 Å². The molecule has 0 aromatic heterocycles. The largest absolute Gasteiger partial charge is 0.294 e. The summed E-state index contributed by atoms with van der Waals surface area (Å²) in [5, 5.41) is 0. The van der Waals surface area contributed by atoms with E-state index in [1.54, 1.807) is 0 Å². The summed E-state index contributed by atoms with van der Waals surface area (Å²) in [4.78, 5) is 10.5. The Hall–Kier alpha value is 1.21. The minimum absolute atomic E-state index is 0.284. The molecule has 0 aliphatic carbocycles. The maximum Gasteiger partial charge on any atom is 0.189 e. The van der Waals surface area contributed by atoms with Gasteiger partial charge in [0.15, 0.2) is 5.78 Å². The molecule has 0 aromatic carbocycles. The number of hydrogen-bond acceptors (Lipinski definition) is 1. The molecule has 0 N–H and O–H groups in total. The summed E-state index contributed by atoms with van der Waals surface area (Å²) in [6, 6.07) is 0. The van der Waals surface area contributed by atoms with Crippen LogP contribution < -0.4 is 0 Å². The number of hydrogen-bond donors (Lipinski definition) is 0. The normalized spacial score (nSPS) is 17.5. The third kappa shape index (κ3) is 3.28. The molecule has 0 rings (SSSR count). The molecule has 0 saturated carbocycles. The van der Waals surface area contributed by atoms with Crippen LogP contribution in [-0.2, 0) is 4.79 Å². The number of rotatable bonds is 2. The second-order valence-corrected chi connectivity index (χ2v) is 4.76. The van der Waals surface area contributed by atoms with Crippen LogP contribution in [-0.4, -0.2) is 14.4 Å². The molecular formula is C3H2Br2Cl2O. The molecule has 1 nitrogen and oxygen atoms in total. The van der Waals surface area contributed by atoms with E-state index < -0.39 is 8.57 Å². The van der Waals surface area contributed by atoms with Crippen LogP contribution in [0.5, 0.6) is 0 Å². The van der Waals surface area contributed by atoms with E-state index in [1.165, 1.54) is 0 Å². The van der Waals surface area contributed by atoms with Gasteiger partial charge in [0.25, 0.3) is 0 Å². The van der Waals surface area contributed by atoms with Gasteiger partial charge < -0.3 is 0 Å². The SMILES string of the molecule is O=C(C(Cl)Br)C(Cl)Br. The summed E-state index contributed by atoms with van der Waals surface area (Å²) in [6.07, 6.45) is 0. The van der Waals surface area contributed by atoms with Crippen molar-refractivity contribution >= 4 is 60.8 Å². The Morgan fingerprint density at radius 3 is 1.50 bits per heavy atom. The van der Waals surface area contributed by atoms with Crippen molar-refractivity contribution in [3.05, 3.63) is 0 Å². The highest BCUT2D eigenvalue weighted by molar-refractivity contribution is 9.11. The van der Waals surface area contributed by atoms with Crippen LogP contribution in [0.2, 0.25) is 0 Å². The Morgan fingerprint density at radius 1 is 1.25 bits per heavy atom. The first-order valence-electron chi connectivity index (χ1n) is 1.65. The Balaban J connectivity index is 3.65. The van der Waals surface area contributed by atoms with E-state index in [1.807, 2.05) is 0 Å². The fourth-order valence-electron chi connectivity index (χ4n) is 0.0952. The second kappa shape index (κ2) is 4.09. The molecule has 48 valence electrons. The minimum atomic E-state index is -0.690. The smallest absolute Gasteiger partial charge is 0.189 e. The van der Waals surface area contributed by atoms with Crippen molar-refractivity contribution in [3.63, 3.8) is 0 Å². The number of Topliss-reactive ketones (excluding diaryl/α,β-unsaturated/α-hetero) is 1. The van der Waals surface area contributed by atoms with E-state index in [-0.39, 0.29) is 5.78 Å². The summed E-state index contributed by atoms with van der Waals surface area (Å²) in [6.45, 7) is 0. The van der Waals surface area contributed by atoms with Gasteiger partial charge in [-0.3, -0.25) is 4.79 Å². The third-order valence-electron chi connectivity index (χ3n) is 0.430. The topological polar surface area (TPSA) is 17.1 Å². The molecule has 0 saturated heterocycles. The van der Waals surface area contributed by atoms with Gasteiger partial charge in [0, 0.05) is 0 Å². The predicted octanol–water partition coefficient (Wildman–Crippen LogP) is 2.48. The van der Waals surface area contributed by atoms with Crippen molar-refractivity contribution in [3.8, 4) is 0 Å². The van der Waals surface area contributed by atoms with Gasteiger partial charge in [0.2, 0.25) is 0 Å². The molecular weight excluding hydrogens is 283 g/mol. The van der Waals surface area contributed by atoms with Gasteiger partial charge in [-0.05, 0) is 0 Å². The highest BCUT2D eigenvalue weighted by atomic mass is 79.9. The summed E-state index contributed by atoms with van der Waals surface area (Å²) < 4.78 is -1.38. The summed E-state index contributed by atoms with van der Waals surface area (Å²) in [5.41, 5.74) is 0. The van der Waals surface area contributed by atoms with Gasteiger partial charge in [-0.2, -0.15) is 0 Å². The Kier molecular flexibility index (Phi) is 4.71. The van der Waals surface area contributed by atoms with Crippen molar-refractivity contribution in [2.24, 2.45) is 0 Å². The fraction of sp³-hybridized carbons (Fsp3) is 0.667. The molecule has 0 amide bonds. The van der Waals surface area contributed by atoms with Gasteiger partial charge in [-0.15, -0.1) is 23.2 Å². The molecule has 2 unspecified atom stereocenters. The average Bonchev–Trinajstić information content (AvgIpc) is 1.64. The average molecular weight is 285 g/mol. The van der Waals surface area contributed by atoms with Crippen LogP contribution in [0.15, 0.2) is 0 Å². The van der Waals surface area contributed by atoms with Crippen molar-refractivity contribution in [1.29, 1.82) is 0 Å². The lowest BCUT2D eigenvalue weighted by molar-refractivity contribution is -0.115. The molecule has 0 heterocycles. The zero-order valence-corrected chi connectivity index (χ0v) is 8.26. The molecule has 0 fully saturated rings. The highest BCUT2D eigenvalue weighted by Crippen LogP contribution is 2.15. The molecule has 2 atom stereocenters. The Bertz CT molecular complexity index is 83.3. The van der Waals surface area contributed by atoms with E-state index in [0.29, 0.717) is 0 Å². The minimum Gasteiger partial charge on any atom is -0.294 e. The Labute approximate surface area is 74.0 Å². The number of halogens is 4. The van der Waals surface area contributed by atoms with Crippen LogP contribution in [0.1, 0.15) is 0 Å². The fourth-order valence-corrected chi connectivity index (χ4v) is 1.60. The van der Waals surface area contributed by atoms with Crippen LogP contribution in [0.4, 0.5) is 0 Å². The number of carbonyl (C=O) groups excluding carboxylic acids is 1. The lowest BCUT2D eigenvalue weighted by Gasteiger charge is -1.98. The first-order valence-corrected chi connectivity index (χ1v) is 4.36. The second-order valence-electron chi connectivity index (χ2n) is 1.00. The predicted molar refractivity (Wildman–Crippen MR) is 42.1 cm³/mol. The summed E-state index contributed by atoms with van der Waals surface area (Å²) in [5.74, 6) is -0.284. The summed E-state index contributed by atoms with van der Waals surface area (Å²) in [7, 11) is 0. The number of alkyl halides is 4. The third-order valence-corrected chi connectivity index (χ3v) is 1.76. The monoisotopic (exact) mass is 282 g/mol. The van der Waals surface area contributed by atoms with Crippen LogP contribution in [0.25, 0.3) is 0 Å². The zero-order chi connectivity index (χ0) is 6.73. The quantitative estimate of drug-likeness (QED) is 0.712. The summed E-state index contributed by atoms with van der Waals surface area (Å²) >= 11 is 16.2. The zero-order valence-electron chi connectivity index (χ0n) is 3.57. The molecule has 0 aliphatic heterocycles. The molecule has 0 bridgehead atoms. The van der Waals surface area contributed by atoms with E-state index in [4.69, 9.17) is 23.2 Å². The molecule has 0 aromatic rings. The van der Waals surface area contributed by atoms with E-state index >= 15 is 0 Å². The maximum absolute atomic E-state index is 10.5. The molecule has 0 aliphatic rings. The highest BCUT2D eigenvalue weighted by Gasteiger charge is 2.17. The van der Waals surface area contributed by atoms with E-state index in [9.17, 15) is 4.79 Å². The standard InChI is InChI=1S/C3H2Br2Cl2O/c4-2(6)1(8)3(5)7/h2-3H. The Morgan fingerprint density at radius 2 is 1.50 bits per heavy atom. The number of carbonyl (C=O) groups is 1. The molecule has 0 spiro atoms. The van der Waals surface area contributed by atoms with Gasteiger partial charge >= 0.3 is 0 Å². The lowest BCUT2D eigenvalue weighted by Crippen LogP contribution is -2.14. The molecule has 0 radical (unpaired) electrons. The van der Waals surface area contributed by atoms with Crippen LogP contribution in [0, 0.1) is 0 Å². The molecule has 5 heteroatoms. The van der Waals surface area contributed by atoms with Gasteiger partial charge in [0.05, 0.1) is 0 Å². The van der Waals surface area contributed by atoms with Crippen molar-refractivity contribution in [2.75, 3.05) is 0 Å². The van der Waals surface area contributed by atoms with Gasteiger partial charge in [-0.25, -0.2) is 0 Å². The van der Waals surface area contributed by atoms with Crippen molar-refractivity contribution < 1.29 is 4.79 Å². The maximum atomic E-state index is 10.5. The first kappa shape index (κ1) is 9.21. The van der Waals surface area contributed by atoms with Crippen LogP contribution >= 0.6 is 55.1 Å². The van der Waals surface area contributed by atoms with Crippen LogP contribution in [0.3, 0.4) is 0 Å². The van der Waals surface area contributed by atoms with Gasteiger partial charge in [0.1, 0.15) is 8.57 Å². The number of ketones is 1. The first-order chi connectivity index (χ1) is 3.55. The van der Waals surface area contributed by atoms with E-state index in [2.05, 4.69) is 31.9 Å². The molecule has 8 heavy (non-hydrogen) atoms. The van der Waals surface area contributed by atoms with Crippen molar-refractivity contribution in [1.82, 2.24) is 0 Å². The van der Waals surface area contributed by atoms with Crippen molar-refractivity contribution in [2.45, 2.75) is 8.57 Å².